The molecule has 0 aromatic rings. The highest BCUT2D eigenvalue weighted by atomic mass is 15.3. The highest BCUT2D eigenvalue weighted by molar-refractivity contribution is 4.94. The lowest BCUT2D eigenvalue weighted by molar-refractivity contribution is 0.264. The molecule has 0 radical (unpaired) electrons. The van der Waals surface area contributed by atoms with Crippen molar-refractivity contribution in [2.45, 2.75) is 96.6 Å². The number of nitrogens with two attached hydrogens (primary N) is 1. The SMILES string of the molecule is CCC/C=C/CCCCCCCCCCCC1NC=CN1CCN. The van der Waals surface area contributed by atoms with Gasteiger partial charge in [-0.2, -0.15) is 0 Å². The van der Waals surface area contributed by atoms with Crippen LogP contribution >= 0.6 is 0 Å². The van der Waals surface area contributed by atoms with Gasteiger partial charge in [0.1, 0.15) is 0 Å². The van der Waals surface area contributed by atoms with Gasteiger partial charge in [0.15, 0.2) is 0 Å². The Morgan fingerprint density at radius 2 is 1.54 bits per heavy atom. The Hall–Kier alpha value is -0.960. The molecule has 0 saturated carbocycles. The van der Waals surface area contributed by atoms with Gasteiger partial charge in [-0.1, -0.05) is 70.4 Å². The standard InChI is InChI=1S/C21H41N3/c1-2-3-4-5-6-7-8-9-10-11-12-13-14-15-16-21-23-18-20-24(21)19-17-22/h4-5,18,20-21,23H,2-3,6-17,19,22H2,1H3/b5-4+. The molecule has 0 aromatic heterocycles. The molecular formula is C21H41N3. The Morgan fingerprint density at radius 1 is 0.917 bits per heavy atom. The van der Waals surface area contributed by atoms with Crippen molar-refractivity contribution >= 4 is 0 Å². The second kappa shape index (κ2) is 15.6. The molecule has 0 aliphatic carbocycles. The van der Waals surface area contributed by atoms with Crippen LogP contribution in [0.4, 0.5) is 0 Å². The monoisotopic (exact) mass is 335 g/mol. The largest absolute Gasteiger partial charge is 0.370 e. The molecule has 0 aromatic carbocycles. The Bertz CT molecular complexity index is 325. The van der Waals surface area contributed by atoms with E-state index in [2.05, 4.69) is 41.7 Å². The first kappa shape index (κ1) is 21.1. The number of hydrogen-bond donors (Lipinski definition) is 2. The number of allylic oxidation sites excluding steroid dienone is 2. The van der Waals surface area contributed by atoms with Gasteiger partial charge in [0, 0.05) is 25.5 Å². The predicted molar refractivity (Wildman–Crippen MR) is 107 cm³/mol. The molecule has 1 rings (SSSR count). The smallest absolute Gasteiger partial charge is 0.0981 e. The summed E-state index contributed by atoms with van der Waals surface area (Å²) in [6.45, 7) is 3.93. The third kappa shape index (κ3) is 10.7. The molecule has 24 heavy (non-hydrogen) atoms. The van der Waals surface area contributed by atoms with Gasteiger partial charge in [-0.15, -0.1) is 0 Å². The Labute approximate surface area is 150 Å². The minimum atomic E-state index is 0.486. The summed E-state index contributed by atoms with van der Waals surface area (Å²) in [5, 5.41) is 3.42. The van der Waals surface area contributed by atoms with E-state index in [0.717, 1.165) is 13.1 Å². The van der Waals surface area contributed by atoms with Crippen LogP contribution in [0.1, 0.15) is 90.4 Å². The molecule has 140 valence electrons. The van der Waals surface area contributed by atoms with E-state index in [1.807, 2.05) is 0 Å². The van der Waals surface area contributed by atoms with Crippen LogP contribution in [0.3, 0.4) is 0 Å². The summed E-state index contributed by atoms with van der Waals surface area (Å²) in [7, 11) is 0. The fraction of sp³-hybridized carbons (Fsp3) is 0.810. The number of nitrogens with one attached hydrogen (secondary N) is 1. The molecule has 0 fully saturated rings. The normalized spacial score (nSPS) is 17.1. The second-order valence-electron chi connectivity index (χ2n) is 7.04. The zero-order valence-corrected chi connectivity index (χ0v) is 16.0. The molecule has 1 aliphatic heterocycles. The number of nitrogens with zero attached hydrogens (tertiary/aromatic N) is 1. The molecule has 3 heteroatoms. The summed E-state index contributed by atoms with van der Waals surface area (Å²) < 4.78 is 0. The average molecular weight is 336 g/mol. The van der Waals surface area contributed by atoms with E-state index in [-0.39, 0.29) is 0 Å². The third-order valence-corrected chi connectivity index (χ3v) is 4.81. The number of unbranched alkanes of at least 4 members (excludes halogenated alkanes) is 10. The minimum absolute atomic E-state index is 0.486. The van der Waals surface area contributed by atoms with Crippen LogP contribution in [-0.4, -0.2) is 24.2 Å². The van der Waals surface area contributed by atoms with E-state index in [1.54, 1.807) is 0 Å². The Morgan fingerprint density at radius 3 is 2.21 bits per heavy atom. The quantitative estimate of drug-likeness (QED) is 0.297. The van der Waals surface area contributed by atoms with Gasteiger partial charge in [0.2, 0.25) is 0 Å². The number of rotatable bonds is 16. The Balaban J connectivity index is 1.79. The highest BCUT2D eigenvalue weighted by Gasteiger charge is 2.16. The van der Waals surface area contributed by atoms with Gasteiger partial charge in [-0.25, -0.2) is 0 Å². The lowest BCUT2D eigenvalue weighted by atomic mass is 10.0. The number of hydrogen-bond acceptors (Lipinski definition) is 3. The zero-order chi connectivity index (χ0) is 17.3. The van der Waals surface area contributed by atoms with Crippen molar-refractivity contribution in [2.24, 2.45) is 5.73 Å². The fourth-order valence-electron chi connectivity index (χ4n) is 3.32. The molecule has 1 unspecified atom stereocenters. The molecule has 1 aliphatic rings. The lowest BCUT2D eigenvalue weighted by Gasteiger charge is -2.25. The average Bonchev–Trinajstić information content (AvgIpc) is 3.03. The van der Waals surface area contributed by atoms with Crippen LogP contribution in [0, 0.1) is 0 Å². The van der Waals surface area contributed by atoms with Crippen molar-refractivity contribution in [3.8, 4) is 0 Å². The first-order valence-electron chi connectivity index (χ1n) is 10.4. The molecule has 0 spiro atoms. The van der Waals surface area contributed by atoms with Gasteiger partial charge in [-0.05, 0) is 32.1 Å². The first-order valence-corrected chi connectivity index (χ1v) is 10.4. The molecule has 0 bridgehead atoms. The van der Waals surface area contributed by atoms with Gasteiger partial charge < -0.3 is 16.0 Å². The second-order valence-corrected chi connectivity index (χ2v) is 7.04. The molecule has 0 amide bonds. The third-order valence-electron chi connectivity index (χ3n) is 4.81. The topological polar surface area (TPSA) is 41.3 Å². The molecule has 1 atom stereocenters. The summed E-state index contributed by atoms with van der Waals surface area (Å²) in [5.41, 5.74) is 5.64. The van der Waals surface area contributed by atoms with E-state index in [9.17, 15) is 0 Å². The van der Waals surface area contributed by atoms with E-state index in [1.165, 1.54) is 83.5 Å². The van der Waals surface area contributed by atoms with E-state index >= 15 is 0 Å². The van der Waals surface area contributed by atoms with Crippen molar-refractivity contribution < 1.29 is 0 Å². The highest BCUT2D eigenvalue weighted by Crippen LogP contribution is 2.15. The minimum Gasteiger partial charge on any atom is -0.370 e. The van der Waals surface area contributed by atoms with Gasteiger partial charge in [0.05, 0.1) is 6.17 Å². The summed E-state index contributed by atoms with van der Waals surface area (Å²) in [6.07, 6.45) is 27.0. The van der Waals surface area contributed by atoms with Gasteiger partial charge in [0.25, 0.3) is 0 Å². The maximum atomic E-state index is 5.64. The van der Waals surface area contributed by atoms with Gasteiger partial charge >= 0.3 is 0 Å². The van der Waals surface area contributed by atoms with Gasteiger partial charge in [-0.3, -0.25) is 0 Å². The van der Waals surface area contributed by atoms with Crippen molar-refractivity contribution in [1.82, 2.24) is 10.2 Å². The van der Waals surface area contributed by atoms with Crippen LogP contribution in [0.15, 0.2) is 24.6 Å². The van der Waals surface area contributed by atoms with E-state index < -0.39 is 0 Å². The first-order chi connectivity index (χ1) is 11.9. The van der Waals surface area contributed by atoms with Crippen molar-refractivity contribution in [1.29, 1.82) is 0 Å². The Kier molecular flexibility index (Phi) is 13.7. The lowest BCUT2D eigenvalue weighted by Crippen LogP contribution is -2.37. The zero-order valence-electron chi connectivity index (χ0n) is 16.0. The predicted octanol–water partition coefficient (Wildman–Crippen LogP) is 5.30. The van der Waals surface area contributed by atoms with Crippen molar-refractivity contribution in [2.75, 3.05) is 13.1 Å². The molecule has 3 N–H and O–H groups in total. The van der Waals surface area contributed by atoms with Crippen LogP contribution in [0.5, 0.6) is 0 Å². The molecule has 3 nitrogen and oxygen atoms in total. The maximum Gasteiger partial charge on any atom is 0.0981 e. The molecular weight excluding hydrogens is 294 g/mol. The molecule has 0 saturated heterocycles. The van der Waals surface area contributed by atoms with Crippen molar-refractivity contribution in [3.05, 3.63) is 24.6 Å². The van der Waals surface area contributed by atoms with Crippen LogP contribution in [0.25, 0.3) is 0 Å². The van der Waals surface area contributed by atoms with E-state index in [4.69, 9.17) is 5.73 Å². The molecule has 1 heterocycles. The fourth-order valence-corrected chi connectivity index (χ4v) is 3.32. The maximum absolute atomic E-state index is 5.64. The van der Waals surface area contributed by atoms with Crippen LogP contribution in [-0.2, 0) is 0 Å². The summed E-state index contributed by atoms with van der Waals surface area (Å²) in [5.74, 6) is 0. The van der Waals surface area contributed by atoms with E-state index in [0.29, 0.717) is 6.17 Å². The van der Waals surface area contributed by atoms with Crippen LogP contribution in [0.2, 0.25) is 0 Å². The summed E-state index contributed by atoms with van der Waals surface area (Å²) >= 11 is 0. The van der Waals surface area contributed by atoms with Crippen LogP contribution < -0.4 is 11.1 Å². The summed E-state index contributed by atoms with van der Waals surface area (Å²) in [6, 6.07) is 0. The summed E-state index contributed by atoms with van der Waals surface area (Å²) in [4.78, 5) is 2.33. The van der Waals surface area contributed by atoms with Crippen molar-refractivity contribution in [3.63, 3.8) is 0 Å².